The number of aliphatic hydroxyl groups excluding tert-OH is 1. The Bertz CT molecular complexity index is 259. The molecule has 0 aromatic carbocycles. The predicted molar refractivity (Wildman–Crippen MR) is 70.1 cm³/mol. The summed E-state index contributed by atoms with van der Waals surface area (Å²) < 4.78 is 5.54. The van der Waals surface area contributed by atoms with E-state index < -0.39 is 0 Å². The first-order chi connectivity index (χ1) is 8.60. The molecule has 0 bridgehead atoms. The van der Waals surface area contributed by atoms with Crippen molar-refractivity contribution in [3.8, 4) is 0 Å². The van der Waals surface area contributed by atoms with E-state index in [1.807, 2.05) is 13.8 Å². The second kappa shape index (κ2) is 7.07. The zero-order chi connectivity index (χ0) is 13.6. The molecule has 5 heteroatoms. The summed E-state index contributed by atoms with van der Waals surface area (Å²) in [6.45, 7) is 5.12. The molecule has 2 unspecified atom stereocenters. The van der Waals surface area contributed by atoms with E-state index in [1.165, 1.54) is 0 Å². The first kappa shape index (κ1) is 15.4. The number of aliphatic hydroxyl groups is 1. The number of ether oxygens (including phenoxy) is 1. The molecule has 2 atom stereocenters. The maximum atomic E-state index is 11.9. The number of rotatable bonds is 7. The molecule has 0 spiro atoms. The molecule has 1 rings (SSSR count). The van der Waals surface area contributed by atoms with Crippen molar-refractivity contribution >= 4 is 5.91 Å². The molecule has 1 fully saturated rings. The number of hydrogen-bond donors (Lipinski definition) is 3. The van der Waals surface area contributed by atoms with E-state index in [0.717, 1.165) is 25.7 Å². The highest BCUT2D eigenvalue weighted by Gasteiger charge is 2.32. The molecule has 0 saturated carbocycles. The van der Waals surface area contributed by atoms with E-state index in [9.17, 15) is 9.90 Å². The Morgan fingerprint density at radius 1 is 1.44 bits per heavy atom. The van der Waals surface area contributed by atoms with Crippen LogP contribution < -0.4 is 11.1 Å². The molecule has 1 aliphatic rings. The summed E-state index contributed by atoms with van der Waals surface area (Å²) in [7, 11) is 0. The third kappa shape index (κ3) is 3.67. The summed E-state index contributed by atoms with van der Waals surface area (Å²) in [5.41, 5.74) is 5.31. The summed E-state index contributed by atoms with van der Waals surface area (Å²) >= 11 is 0. The predicted octanol–water partition coefficient (Wildman–Crippen LogP) is 0.408. The molecule has 4 N–H and O–H groups in total. The van der Waals surface area contributed by atoms with Crippen LogP contribution in [0.25, 0.3) is 0 Å². The van der Waals surface area contributed by atoms with Gasteiger partial charge >= 0.3 is 0 Å². The van der Waals surface area contributed by atoms with Crippen molar-refractivity contribution in [2.24, 2.45) is 11.1 Å². The van der Waals surface area contributed by atoms with Crippen LogP contribution in [-0.4, -0.2) is 42.9 Å². The lowest BCUT2D eigenvalue weighted by molar-refractivity contribution is -0.132. The van der Waals surface area contributed by atoms with Crippen LogP contribution in [-0.2, 0) is 9.53 Å². The minimum atomic E-state index is -0.372. The smallest absolute Gasteiger partial charge is 0.249 e. The number of carbonyl (C=O) groups excluding carboxylic acids is 1. The SMILES string of the molecule is CCC(CC)(CO)CNC(=O)C1CCC(CN)O1. The molecule has 0 aromatic rings. The van der Waals surface area contributed by atoms with Crippen LogP contribution in [0.5, 0.6) is 0 Å². The van der Waals surface area contributed by atoms with Gasteiger partial charge in [-0.3, -0.25) is 4.79 Å². The van der Waals surface area contributed by atoms with Gasteiger partial charge in [0.15, 0.2) is 0 Å². The number of nitrogens with one attached hydrogen (secondary N) is 1. The van der Waals surface area contributed by atoms with Gasteiger partial charge in [-0.15, -0.1) is 0 Å². The quantitative estimate of drug-likeness (QED) is 0.617. The minimum absolute atomic E-state index is 0.0145. The monoisotopic (exact) mass is 258 g/mol. The van der Waals surface area contributed by atoms with Crippen LogP contribution in [0.15, 0.2) is 0 Å². The van der Waals surface area contributed by atoms with Gasteiger partial charge in [-0.2, -0.15) is 0 Å². The molecule has 0 aliphatic carbocycles. The fraction of sp³-hybridized carbons (Fsp3) is 0.923. The highest BCUT2D eigenvalue weighted by atomic mass is 16.5. The van der Waals surface area contributed by atoms with Crippen molar-refractivity contribution in [2.75, 3.05) is 19.7 Å². The summed E-state index contributed by atoms with van der Waals surface area (Å²) in [6.07, 6.45) is 2.91. The molecule has 0 aromatic heterocycles. The van der Waals surface area contributed by atoms with E-state index in [-0.39, 0.29) is 30.1 Å². The van der Waals surface area contributed by atoms with Crippen molar-refractivity contribution in [3.05, 3.63) is 0 Å². The number of carbonyl (C=O) groups is 1. The van der Waals surface area contributed by atoms with Crippen molar-refractivity contribution in [1.82, 2.24) is 5.32 Å². The van der Waals surface area contributed by atoms with E-state index in [1.54, 1.807) is 0 Å². The van der Waals surface area contributed by atoms with E-state index in [0.29, 0.717) is 13.1 Å². The summed E-state index contributed by atoms with van der Waals surface area (Å²) in [4.78, 5) is 11.9. The number of amides is 1. The number of nitrogens with two attached hydrogens (primary N) is 1. The van der Waals surface area contributed by atoms with Crippen molar-refractivity contribution < 1.29 is 14.6 Å². The van der Waals surface area contributed by atoms with Gasteiger partial charge in [0, 0.05) is 18.5 Å². The Hall–Kier alpha value is -0.650. The molecular weight excluding hydrogens is 232 g/mol. The molecule has 1 saturated heterocycles. The molecule has 106 valence electrons. The van der Waals surface area contributed by atoms with Crippen LogP contribution in [0.1, 0.15) is 39.5 Å². The van der Waals surface area contributed by atoms with Gasteiger partial charge in [0.1, 0.15) is 6.10 Å². The number of hydrogen-bond acceptors (Lipinski definition) is 4. The normalized spacial score (nSPS) is 24.2. The van der Waals surface area contributed by atoms with Gasteiger partial charge in [0.2, 0.25) is 5.91 Å². The highest BCUT2D eigenvalue weighted by molar-refractivity contribution is 5.81. The molecule has 1 amide bonds. The van der Waals surface area contributed by atoms with E-state index >= 15 is 0 Å². The van der Waals surface area contributed by atoms with Crippen molar-refractivity contribution in [3.63, 3.8) is 0 Å². The van der Waals surface area contributed by atoms with Crippen LogP contribution in [0.4, 0.5) is 0 Å². The molecule has 1 aliphatic heterocycles. The standard InChI is InChI=1S/C13H26N2O3/c1-3-13(4-2,9-16)8-15-12(17)11-6-5-10(7-14)18-11/h10-11,16H,3-9,14H2,1-2H3,(H,15,17). The topological polar surface area (TPSA) is 84.6 Å². The zero-order valence-electron chi connectivity index (χ0n) is 11.4. The van der Waals surface area contributed by atoms with Gasteiger partial charge in [-0.05, 0) is 25.7 Å². The molecule has 0 radical (unpaired) electrons. The Morgan fingerprint density at radius 3 is 2.56 bits per heavy atom. The third-order valence-corrected chi connectivity index (χ3v) is 4.14. The lowest BCUT2D eigenvalue weighted by Crippen LogP contribution is -2.43. The second-order valence-electron chi connectivity index (χ2n) is 5.14. The fourth-order valence-electron chi connectivity index (χ4n) is 2.24. The summed E-state index contributed by atoms with van der Waals surface area (Å²) in [5, 5.41) is 12.3. The molecule has 5 nitrogen and oxygen atoms in total. The minimum Gasteiger partial charge on any atom is -0.396 e. The Morgan fingerprint density at radius 2 is 2.11 bits per heavy atom. The first-order valence-electron chi connectivity index (χ1n) is 6.85. The lowest BCUT2D eigenvalue weighted by atomic mass is 9.83. The Balaban J connectivity index is 2.41. The van der Waals surface area contributed by atoms with Gasteiger partial charge in [-0.1, -0.05) is 13.8 Å². The van der Waals surface area contributed by atoms with Crippen molar-refractivity contribution in [1.29, 1.82) is 0 Å². The third-order valence-electron chi connectivity index (χ3n) is 4.14. The summed E-state index contributed by atoms with van der Waals surface area (Å²) in [6, 6.07) is 0. The summed E-state index contributed by atoms with van der Waals surface area (Å²) in [5.74, 6) is -0.0781. The largest absolute Gasteiger partial charge is 0.396 e. The van der Waals surface area contributed by atoms with Crippen LogP contribution in [0.2, 0.25) is 0 Å². The van der Waals surface area contributed by atoms with Gasteiger partial charge < -0.3 is 20.9 Å². The van der Waals surface area contributed by atoms with Crippen molar-refractivity contribution in [2.45, 2.75) is 51.7 Å². The molecule has 1 heterocycles. The highest BCUT2D eigenvalue weighted by Crippen LogP contribution is 2.25. The Labute approximate surface area is 109 Å². The lowest BCUT2D eigenvalue weighted by Gasteiger charge is -2.30. The first-order valence-corrected chi connectivity index (χ1v) is 6.85. The van der Waals surface area contributed by atoms with E-state index in [4.69, 9.17) is 10.5 Å². The van der Waals surface area contributed by atoms with Gasteiger partial charge in [0.25, 0.3) is 0 Å². The van der Waals surface area contributed by atoms with Gasteiger partial charge in [-0.25, -0.2) is 0 Å². The van der Waals surface area contributed by atoms with Crippen LogP contribution in [0, 0.1) is 5.41 Å². The molecular formula is C13H26N2O3. The Kier molecular flexibility index (Phi) is 6.05. The maximum absolute atomic E-state index is 11.9. The van der Waals surface area contributed by atoms with E-state index in [2.05, 4.69) is 5.32 Å². The maximum Gasteiger partial charge on any atom is 0.249 e. The average Bonchev–Trinajstić information content (AvgIpc) is 2.89. The average molecular weight is 258 g/mol. The molecule has 18 heavy (non-hydrogen) atoms. The van der Waals surface area contributed by atoms with Crippen LogP contribution in [0.3, 0.4) is 0 Å². The van der Waals surface area contributed by atoms with Crippen LogP contribution >= 0.6 is 0 Å². The van der Waals surface area contributed by atoms with Gasteiger partial charge in [0.05, 0.1) is 12.7 Å². The zero-order valence-corrected chi connectivity index (χ0v) is 11.4. The fourth-order valence-corrected chi connectivity index (χ4v) is 2.24. The second-order valence-corrected chi connectivity index (χ2v) is 5.14.